The minimum Gasteiger partial charge on any atom is -0.450 e. The molecule has 1 aromatic heterocycles. The molecule has 1 aliphatic rings. The molecule has 2 heterocycles. The fourth-order valence-electron chi connectivity index (χ4n) is 2.75. The van der Waals surface area contributed by atoms with Crippen LogP contribution < -0.4 is 4.90 Å². The highest BCUT2D eigenvalue weighted by atomic mass is 35.5. The van der Waals surface area contributed by atoms with E-state index in [-0.39, 0.29) is 22.6 Å². The topological polar surface area (TPSA) is 102 Å². The van der Waals surface area contributed by atoms with Gasteiger partial charge >= 0.3 is 11.8 Å². The summed E-state index contributed by atoms with van der Waals surface area (Å²) in [5, 5.41) is 12.6. The van der Waals surface area contributed by atoms with Gasteiger partial charge in [-0.1, -0.05) is 23.4 Å². The van der Waals surface area contributed by atoms with Crippen LogP contribution in [0.4, 0.5) is 16.3 Å². The van der Waals surface area contributed by atoms with Crippen LogP contribution in [0.5, 0.6) is 0 Å². The van der Waals surface area contributed by atoms with E-state index >= 15 is 0 Å². The van der Waals surface area contributed by atoms with Gasteiger partial charge in [-0.3, -0.25) is 10.1 Å². The Morgan fingerprint density at radius 2 is 1.93 bits per heavy atom. The maximum Gasteiger partial charge on any atom is 0.409 e. The van der Waals surface area contributed by atoms with E-state index in [1.165, 1.54) is 18.1 Å². The fourth-order valence-corrected chi connectivity index (χ4v) is 3.73. The number of nitrogens with zero attached hydrogens (tertiary/aromatic N) is 5. The molecule has 0 bridgehead atoms. The van der Waals surface area contributed by atoms with E-state index in [0.717, 1.165) is 4.90 Å². The van der Waals surface area contributed by atoms with Crippen LogP contribution in [0.1, 0.15) is 6.92 Å². The van der Waals surface area contributed by atoms with Crippen LogP contribution in [0, 0.1) is 10.1 Å². The van der Waals surface area contributed by atoms with Crippen LogP contribution in [0.15, 0.2) is 40.5 Å². The summed E-state index contributed by atoms with van der Waals surface area (Å²) in [4.78, 5) is 35.5. The third-order valence-corrected chi connectivity index (χ3v) is 5.34. The maximum absolute atomic E-state index is 11.8. The number of carbonyl (C=O) groups excluding carboxylic acids is 1. The van der Waals surface area contributed by atoms with Gasteiger partial charge in [-0.15, -0.1) is 0 Å². The highest BCUT2D eigenvalue weighted by molar-refractivity contribution is 7.99. The van der Waals surface area contributed by atoms with E-state index in [0.29, 0.717) is 37.8 Å². The van der Waals surface area contributed by atoms with Crippen molar-refractivity contribution in [1.82, 2.24) is 14.9 Å². The molecule has 148 valence electrons. The zero-order valence-electron chi connectivity index (χ0n) is 15.1. The molecule has 1 aromatic carbocycles. The largest absolute Gasteiger partial charge is 0.450 e. The summed E-state index contributed by atoms with van der Waals surface area (Å²) in [5.74, 6) is 0.250. The fraction of sp³-hybridized carbons (Fsp3) is 0.353. The van der Waals surface area contributed by atoms with Crippen LogP contribution in [0.25, 0.3) is 0 Å². The smallest absolute Gasteiger partial charge is 0.409 e. The molecule has 0 atom stereocenters. The maximum atomic E-state index is 11.8. The van der Waals surface area contributed by atoms with E-state index < -0.39 is 4.92 Å². The van der Waals surface area contributed by atoms with Gasteiger partial charge in [-0.2, -0.15) is 0 Å². The summed E-state index contributed by atoms with van der Waals surface area (Å²) in [5.41, 5.74) is -0.146. The Morgan fingerprint density at radius 3 is 2.54 bits per heavy atom. The summed E-state index contributed by atoms with van der Waals surface area (Å²) >= 11 is 7.07. The van der Waals surface area contributed by atoms with Crippen molar-refractivity contribution in [3.05, 3.63) is 45.7 Å². The number of rotatable bonds is 5. The molecule has 1 aliphatic heterocycles. The highest BCUT2D eigenvalue weighted by Gasteiger charge is 2.30. The number of halogens is 1. The standard InChI is InChI=1S/C17H18ClN5O4S/c1-2-27-17(24)22-9-7-21(8-10-22)15-14(23(25)26)16(20-11-19-15)28-13-5-3-12(18)4-6-13/h3-6,11H,2,7-10H2,1H3. The Bertz CT molecular complexity index is 859. The lowest BCUT2D eigenvalue weighted by Crippen LogP contribution is -2.49. The lowest BCUT2D eigenvalue weighted by molar-refractivity contribution is -0.387. The second-order valence-corrected chi connectivity index (χ2v) is 7.34. The van der Waals surface area contributed by atoms with Gasteiger partial charge in [0, 0.05) is 36.1 Å². The van der Waals surface area contributed by atoms with Gasteiger partial charge in [0.1, 0.15) is 6.33 Å². The first-order valence-corrected chi connectivity index (χ1v) is 9.78. The van der Waals surface area contributed by atoms with Gasteiger partial charge in [0.15, 0.2) is 5.03 Å². The van der Waals surface area contributed by atoms with Crippen molar-refractivity contribution in [2.45, 2.75) is 16.8 Å². The van der Waals surface area contributed by atoms with Crippen LogP contribution in [-0.4, -0.2) is 58.7 Å². The molecule has 0 N–H and O–H groups in total. The van der Waals surface area contributed by atoms with Crippen LogP contribution in [0.2, 0.25) is 5.02 Å². The number of hydrogen-bond acceptors (Lipinski definition) is 8. The molecular weight excluding hydrogens is 406 g/mol. The van der Waals surface area contributed by atoms with E-state index in [1.54, 1.807) is 41.0 Å². The first kappa shape index (κ1) is 20.2. The monoisotopic (exact) mass is 423 g/mol. The minimum atomic E-state index is -0.467. The Balaban J connectivity index is 1.81. The predicted octanol–water partition coefficient (Wildman–Crippen LogP) is 3.47. The molecule has 1 fully saturated rings. The third kappa shape index (κ3) is 4.63. The molecule has 1 amide bonds. The molecule has 0 spiro atoms. The van der Waals surface area contributed by atoms with Crippen molar-refractivity contribution in [3.63, 3.8) is 0 Å². The molecule has 2 aromatic rings. The zero-order chi connectivity index (χ0) is 20.1. The number of ether oxygens (including phenoxy) is 1. The minimum absolute atomic E-state index is 0.146. The molecule has 9 nitrogen and oxygen atoms in total. The van der Waals surface area contributed by atoms with Gasteiger partial charge in [0.05, 0.1) is 11.5 Å². The van der Waals surface area contributed by atoms with Crippen molar-refractivity contribution < 1.29 is 14.5 Å². The molecule has 3 rings (SSSR count). The average Bonchev–Trinajstić information content (AvgIpc) is 2.69. The summed E-state index contributed by atoms with van der Waals surface area (Å²) in [6.45, 7) is 3.70. The highest BCUT2D eigenvalue weighted by Crippen LogP contribution is 2.38. The number of hydrogen-bond donors (Lipinski definition) is 0. The molecular formula is C17H18ClN5O4S. The van der Waals surface area contributed by atoms with Gasteiger partial charge in [-0.05, 0) is 31.2 Å². The summed E-state index contributed by atoms with van der Waals surface area (Å²) in [6, 6.07) is 6.98. The number of amides is 1. The molecule has 0 saturated carbocycles. The van der Waals surface area contributed by atoms with Crippen molar-refractivity contribution in [1.29, 1.82) is 0 Å². The van der Waals surface area contributed by atoms with Crippen molar-refractivity contribution >= 4 is 41.0 Å². The predicted molar refractivity (Wildman–Crippen MR) is 105 cm³/mol. The normalized spacial score (nSPS) is 14.1. The zero-order valence-corrected chi connectivity index (χ0v) is 16.6. The van der Waals surface area contributed by atoms with Crippen molar-refractivity contribution in [3.8, 4) is 0 Å². The lowest BCUT2D eigenvalue weighted by atomic mass is 10.3. The van der Waals surface area contributed by atoms with Crippen LogP contribution in [-0.2, 0) is 4.74 Å². The van der Waals surface area contributed by atoms with Gasteiger partial charge < -0.3 is 14.5 Å². The molecule has 0 radical (unpaired) electrons. The first-order valence-electron chi connectivity index (χ1n) is 8.59. The Labute approximate surface area is 170 Å². The van der Waals surface area contributed by atoms with Gasteiger partial charge in [-0.25, -0.2) is 14.8 Å². The number of nitro groups is 1. The number of anilines is 1. The number of piperazine rings is 1. The van der Waals surface area contributed by atoms with E-state index in [9.17, 15) is 14.9 Å². The summed E-state index contributed by atoms with van der Waals surface area (Å²) in [6.07, 6.45) is 0.941. The molecule has 28 heavy (non-hydrogen) atoms. The second-order valence-electron chi connectivity index (χ2n) is 5.84. The van der Waals surface area contributed by atoms with Crippen LogP contribution >= 0.6 is 23.4 Å². The molecule has 1 saturated heterocycles. The van der Waals surface area contributed by atoms with Gasteiger partial charge in [0.25, 0.3) is 0 Å². The Kier molecular flexibility index (Phi) is 6.53. The summed E-state index contributed by atoms with van der Waals surface area (Å²) in [7, 11) is 0. The SMILES string of the molecule is CCOC(=O)N1CCN(c2ncnc(Sc3ccc(Cl)cc3)c2[N+](=O)[O-])CC1. The lowest BCUT2D eigenvalue weighted by Gasteiger charge is -2.34. The molecule has 0 aliphatic carbocycles. The number of aromatic nitrogens is 2. The van der Waals surface area contributed by atoms with Crippen molar-refractivity contribution in [2.75, 3.05) is 37.7 Å². The van der Waals surface area contributed by atoms with Crippen molar-refractivity contribution in [2.24, 2.45) is 0 Å². The Hall–Kier alpha value is -2.59. The third-order valence-electron chi connectivity index (χ3n) is 4.09. The Morgan fingerprint density at radius 1 is 1.25 bits per heavy atom. The molecule has 11 heteroatoms. The second kappa shape index (κ2) is 9.07. The first-order chi connectivity index (χ1) is 13.5. The summed E-state index contributed by atoms with van der Waals surface area (Å²) < 4.78 is 5.00. The van der Waals surface area contributed by atoms with E-state index in [1.807, 2.05) is 0 Å². The van der Waals surface area contributed by atoms with Gasteiger partial charge in [0.2, 0.25) is 5.82 Å². The van der Waals surface area contributed by atoms with E-state index in [4.69, 9.17) is 16.3 Å². The quantitative estimate of drug-likeness (QED) is 0.409. The molecule has 0 unspecified atom stereocenters. The van der Waals surface area contributed by atoms with Crippen LogP contribution in [0.3, 0.4) is 0 Å². The average molecular weight is 424 g/mol. The van der Waals surface area contributed by atoms with E-state index in [2.05, 4.69) is 9.97 Å². The number of benzene rings is 1. The number of carbonyl (C=O) groups is 1.